The zero-order valence-corrected chi connectivity index (χ0v) is 18.0. The van der Waals surface area contributed by atoms with Crippen molar-refractivity contribution in [3.05, 3.63) is 35.4 Å². The smallest absolute Gasteiger partial charge is 0.191 e. The van der Waals surface area contributed by atoms with Crippen LogP contribution in [0.1, 0.15) is 37.8 Å². The topological polar surface area (TPSA) is 56.7 Å². The molecule has 2 unspecified atom stereocenters. The molecule has 1 saturated carbocycles. The van der Waals surface area contributed by atoms with Crippen molar-refractivity contribution in [2.75, 3.05) is 18.8 Å². The number of hydrogen-bond donors (Lipinski definition) is 3. The molecule has 0 aromatic heterocycles. The lowest BCUT2D eigenvalue weighted by Crippen LogP contribution is -2.58. The Bertz CT molecular complexity index is 524. The molecule has 0 amide bonds. The highest BCUT2D eigenvalue weighted by Crippen LogP contribution is 2.40. The van der Waals surface area contributed by atoms with Crippen LogP contribution in [0, 0.1) is 6.92 Å². The molecule has 0 saturated heterocycles. The molecule has 1 fully saturated rings. The van der Waals surface area contributed by atoms with Crippen LogP contribution < -0.4 is 10.6 Å². The van der Waals surface area contributed by atoms with E-state index in [1.807, 2.05) is 11.8 Å². The minimum atomic E-state index is -0.597. The van der Waals surface area contributed by atoms with Gasteiger partial charge in [0.05, 0.1) is 12.1 Å². The standard InChI is InChI=1S/C18H29N3OS.HI/c1-4-19-17(20-12-15-8-6-14(3)7-9-15)21-13-18(22)11-10-16(18)23-5-2;/h6-9,16,22H,4-5,10-13H2,1-3H3,(H2,19,20,21);1H. The summed E-state index contributed by atoms with van der Waals surface area (Å²) in [5.74, 6) is 1.82. The zero-order valence-electron chi connectivity index (χ0n) is 14.8. The van der Waals surface area contributed by atoms with Gasteiger partial charge in [0.1, 0.15) is 0 Å². The molecule has 4 nitrogen and oxygen atoms in total. The summed E-state index contributed by atoms with van der Waals surface area (Å²) in [6.07, 6.45) is 1.97. The minimum Gasteiger partial charge on any atom is -0.387 e. The number of aryl methyl sites for hydroxylation is 1. The number of rotatable bonds is 7. The highest BCUT2D eigenvalue weighted by molar-refractivity contribution is 14.0. The first-order valence-corrected chi connectivity index (χ1v) is 9.54. The number of halogens is 1. The third kappa shape index (κ3) is 6.11. The van der Waals surface area contributed by atoms with Gasteiger partial charge in [-0.15, -0.1) is 24.0 Å². The third-order valence-corrected chi connectivity index (χ3v) is 5.66. The van der Waals surface area contributed by atoms with Crippen LogP contribution in [-0.2, 0) is 6.54 Å². The van der Waals surface area contributed by atoms with Crippen LogP contribution in [0.5, 0.6) is 0 Å². The van der Waals surface area contributed by atoms with Gasteiger partial charge in [-0.05, 0) is 38.0 Å². The Morgan fingerprint density at radius 3 is 2.54 bits per heavy atom. The molecule has 1 aromatic carbocycles. The number of guanidine groups is 1. The molecular weight excluding hydrogens is 433 g/mol. The van der Waals surface area contributed by atoms with Crippen molar-refractivity contribution in [1.29, 1.82) is 0 Å². The van der Waals surface area contributed by atoms with Crippen molar-refractivity contribution >= 4 is 41.7 Å². The van der Waals surface area contributed by atoms with E-state index in [4.69, 9.17) is 0 Å². The molecule has 1 aromatic rings. The van der Waals surface area contributed by atoms with Gasteiger partial charge in [0, 0.05) is 18.3 Å². The molecular formula is C18H30IN3OS. The van der Waals surface area contributed by atoms with E-state index in [9.17, 15) is 5.11 Å². The molecule has 3 N–H and O–H groups in total. The summed E-state index contributed by atoms with van der Waals surface area (Å²) in [5, 5.41) is 17.6. The Hall–Kier alpha value is -0.470. The van der Waals surface area contributed by atoms with Crippen molar-refractivity contribution in [3.63, 3.8) is 0 Å². The largest absolute Gasteiger partial charge is 0.387 e. The molecule has 136 valence electrons. The fourth-order valence-corrected chi connectivity index (χ4v) is 3.88. The highest BCUT2D eigenvalue weighted by Gasteiger charge is 2.45. The van der Waals surface area contributed by atoms with E-state index in [2.05, 4.69) is 60.7 Å². The Labute approximate surface area is 167 Å². The van der Waals surface area contributed by atoms with Crippen LogP contribution >= 0.6 is 35.7 Å². The minimum absolute atomic E-state index is 0. The molecule has 0 radical (unpaired) electrons. The second kappa shape index (κ2) is 10.5. The van der Waals surface area contributed by atoms with E-state index in [0.29, 0.717) is 18.3 Å². The van der Waals surface area contributed by atoms with Crippen LogP contribution in [0.2, 0.25) is 0 Å². The SMILES string of the molecule is CCNC(=NCc1ccc(C)cc1)NCC1(O)CCC1SCC.I. The molecule has 2 atom stereocenters. The van der Waals surface area contributed by atoms with Crippen molar-refractivity contribution in [1.82, 2.24) is 10.6 Å². The molecule has 1 aliphatic rings. The zero-order chi connectivity index (χ0) is 16.7. The van der Waals surface area contributed by atoms with Gasteiger partial charge < -0.3 is 15.7 Å². The van der Waals surface area contributed by atoms with Crippen molar-refractivity contribution < 1.29 is 5.11 Å². The summed E-state index contributed by atoms with van der Waals surface area (Å²) in [7, 11) is 0. The lowest BCUT2D eigenvalue weighted by Gasteiger charge is -2.45. The fraction of sp³-hybridized carbons (Fsp3) is 0.611. The van der Waals surface area contributed by atoms with Gasteiger partial charge >= 0.3 is 0 Å². The monoisotopic (exact) mass is 463 g/mol. The third-order valence-electron chi connectivity index (χ3n) is 4.25. The molecule has 1 aliphatic carbocycles. The molecule has 0 heterocycles. The number of aliphatic hydroxyl groups is 1. The maximum absolute atomic E-state index is 10.7. The van der Waals surface area contributed by atoms with E-state index >= 15 is 0 Å². The number of aliphatic imine (C=N–C) groups is 1. The first kappa shape index (κ1) is 21.6. The average molecular weight is 463 g/mol. The summed E-state index contributed by atoms with van der Waals surface area (Å²) in [6, 6.07) is 8.43. The van der Waals surface area contributed by atoms with E-state index < -0.39 is 5.60 Å². The van der Waals surface area contributed by atoms with Crippen LogP contribution in [-0.4, -0.2) is 40.8 Å². The summed E-state index contributed by atoms with van der Waals surface area (Å²) < 4.78 is 0. The quantitative estimate of drug-likeness (QED) is 0.330. The van der Waals surface area contributed by atoms with Crippen molar-refractivity contribution in [2.24, 2.45) is 4.99 Å². The molecule has 6 heteroatoms. The van der Waals surface area contributed by atoms with E-state index in [-0.39, 0.29) is 24.0 Å². The Kier molecular flexibility index (Phi) is 9.44. The molecule has 24 heavy (non-hydrogen) atoms. The summed E-state index contributed by atoms with van der Waals surface area (Å²) >= 11 is 1.85. The second-order valence-electron chi connectivity index (χ2n) is 6.12. The van der Waals surface area contributed by atoms with Crippen LogP contribution in [0.3, 0.4) is 0 Å². The maximum Gasteiger partial charge on any atom is 0.191 e. The van der Waals surface area contributed by atoms with E-state index in [1.54, 1.807) is 0 Å². The number of thioether (sulfide) groups is 1. The van der Waals surface area contributed by atoms with Crippen molar-refractivity contribution in [2.45, 2.75) is 51.0 Å². The number of nitrogens with zero attached hydrogens (tertiary/aromatic N) is 1. The van der Waals surface area contributed by atoms with Crippen molar-refractivity contribution in [3.8, 4) is 0 Å². The average Bonchev–Trinajstić information content (AvgIpc) is 2.55. The van der Waals surface area contributed by atoms with E-state index in [1.165, 1.54) is 11.1 Å². The molecule has 0 spiro atoms. The lowest BCUT2D eigenvalue weighted by molar-refractivity contribution is -0.0198. The van der Waals surface area contributed by atoms with Gasteiger partial charge in [0.25, 0.3) is 0 Å². The fourth-order valence-electron chi connectivity index (χ4n) is 2.68. The predicted molar refractivity (Wildman–Crippen MR) is 116 cm³/mol. The second-order valence-corrected chi connectivity index (χ2v) is 7.60. The number of nitrogens with one attached hydrogen (secondary N) is 2. The lowest BCUT2D eigenvalue weighted by atomic mass is 9.79. The molecule has 0 aliphatic heterocycles. The maximum atomic E-state index is 10.7. The Morgan fingerprint density at radius 2 is 2.00 bits per heavy atom. The van der Waals surface area contributed by atoms with Gasteiger partial charge in [0.15, 0.2) is 5.96 Å². The van der Waals surface area contributed by atoms with Crippen LogP contribution in [0.4, 0.5) is 0 Å². The van der Waals surface area contributed by atoms with Gasteiger partial charge in [-0.25, -0.2) is 4.99 Å². The molecule has 2 rings (SSSR count). The number of benzene rings is 1. The van der Waals surface area contributed by atoms with Gasteiger partial charge in [0.2, 0.25) is 0 Å². The van der Waals surface area contributed by atoms with Gasteiger partial charge in [-0.1, -0.05) is 36.8 Å². The van der Waals surface area contributed by atoms with Crippen LogP contribution in [0.15, 0.2) is 29.3 Å². The first-order chi connectivity index (χ1) is 11.1. The summed E-state index contributed by atoms with van der Waals surface area (Å²) in [4.78, 5) is 4.62. The Morgan fingerprint density at radius 1 is 1.29 bits per heavy atom. The summed E-state index contributed by atoms with van der Waals surface area (Å²) in [6.45, 7) is 8.29. The highest BCUT2D eigenvalue weighted by atomic mass is 127. The Balaban J connectivity index is 0.00000288. The van der Waals surface area contributed by atoms with Gasteiger partial charge in [-0.3, -0.25) is 0 Å². The van der Waals surface area contributed by atoms with Crippen LogP contribution in [0.25, 0.3) is 0 Å². The number of hydrogen-bond acceptors (Lipinski definition) is 3. The molecule has 0 bridgehead atoms. The normalized spacial score (nSPS) is 23.2. The first-order valence-electron chi connectivity index (χ1n) is 8.49. The van der Waals surface area contributed by atoms with Gasteiger partial charge in [-0.2, -0.15) is 11.8 Å². The summed E-state index contributed by atoms with van der Waals surface area (Å²) in [5.41, 5.74) is 1.85. The predicted octanol–water partition coefficient (Wildman–Crippen LogP) is 3.31. The van der Waals surface area contributed by atoms with E-state index in [0.717, 1.165) is 31.1 Å².